The number of hydrogen-bond acceptors (Lipinski definition) is 2. The quantitative estimate of drug-likeness (QED) is 0.834. The van der Waals surface area contributed by atoms with E-state index in [9.17, 15) is 9.18 Å². The molecule has 19 heavy (non-hydrogen) atoms. The van der Waals surface area contributed by atoms with E-state index in [1.807, 2.05) is 18.2 Å². The van der Waals surface area contributed by atoms with E-state index < -0.39 is 5.82 Å². The average Bonchev–Trinajstić information content (AvgIpc) is 2.43. The highest BCUT2D eigenvalue weighted by molar-refractivity contribution is 6.31. The normalized spacial score (nSPS) is 10.2. The number of carbonyl (C=O) groups excluding carboxylic acids is 1. The highest BCUT2D eigenvalue weighted by Crippen LogP contribution is 2.20. The molecular formula is C15H12ClFO2. The van der Waals surface area contributed by atoms with Gasteiger partial charge in [-0.3, -0.25) is 4.79 Å². The van der Waals surface area contributed by atoms with Gasteiger partial charge in [0.2, 0.25) is 0 Å². The van der Waals surface area contributed by atoms with Crippen molar-refractivity contribution < 1.29 is 13.9 Å². The maximum atomic E-state index is 13.2. The molecule has 0 saturated heterocycles. The number of ketones is 1. The predicted molar refractivity (Wildman–Crippen MR) is 72.1 cm³/mol. The van der Waals surface area contributed by atoms with Crippen molar-refractivity contribution in [3.05, 3.63) is 64.9 Å². The molecule has 2 rings (SSSR count). The number of para-hydroxylation sites is 1. The first kappa shape index (κ1) is 13.6. The Morgan fingerprint density at radius 3 is 2.58 bits per heavy atom. The number of ether oxygens (including phenoxy) is 1. The summed E-state index contributed by atoms with van der Waals surface area (Å²) in [5, 5.41) is -0.00411. The molecule has 2 nitrogen and oxygen atoms in total. The highest BCUT2D eigenvalue weighted by Gasteiger charge is 2.10. The van der Waals surface area contributed by atoms with Crippen LogP contribution in [0.3, 0.4) is 0 Å². The SMILES string of the molecule is O=C(COc1ccccc1)Cc1cccc(F)c1Cl. The van der Waals surface area contributed by atoms with E-state index in [0.717, 1.165) is 0 Å². The van der Waals surface area contributed by atoms with Crippen LogP contribution in [0.5, 0.6) is 5.75 Å². The van der Waals surface area contributed by atoms with Crippen LogP contribution in [0, 0.1) is 5.82 Å². The molecule has 98 valence electrons. The summed E-state index contributed by atoms with van der Waals surface area (Å²) in [5.41, 5.74) is 0.475. The lowest BCUT2D eigenvalue weighted by Gasteiger charge is -2.06. The summed E-state index contributed by atoms with van der Waals surface area (Å²) in [4.78, 5) is 11.7. The van der Waals surface area contributed by atoms with Crippen molar-refractivity contribution in [1.82, 2.24) is 0 Å². The van der Waals surface area contributed by atoms with Gasteiger partial charge in [-0.05, 0) is 23.8 Å². The number of benzene rings is 2. The molecule has 0 aromatic heterocycles. The van der Waals surface area contributed by atoms with Gasteiger partial charge in [0, 0.05) is 6.42 Å². The van der Waals surface area contributed by atoms with Crippen LogP contribution in [0.4, 0.5) is 4.39 Å². The monoisotopic (exact) mass is 278 g/mol. The molecular weight excluding hydrogens is 267 g/mol. The molecule has 0 heterocycles. The Morgan fingerprint density at radius 1 is 1.11 bits per heavy atom. The fourth-order valence-electron chi connectivity index (χ4n) is 1.63. The molecule has 0 aliphatic heterocycles. The molecule has 0 atom stereocenters. The molecule has 4 heteroatoms. The maximum Gasteiger partial charge on any atom is 0.174 e. The molecule has 0 radical (unpaired) electrons. The maximum absolute atomic E-state index is 13.2. The van der Waals surface area contributed by atoms with Crippen LogP contribution in [0.2, 0.25) is 5.02 Å². The zero-order valence-corrected chi connectivity index (χ0v) is 10.9. The van der Waals surface area contributed by atoms with Gasteiger partial charge in [0.1, 0.15) is 18.2 Å². The van der Waals surface area contributed by atoms with Gasteiger partial charge < -0.3 is 4.74 Å². The van der Waals surface area contributed by atoms with Gasteiger partial charge in [-0.1, -0.05) is 41.9 Å². The predicted octanol–water partition coefficient (Wildman–Crippen LogP) is 3.67. The summed E-state index contributed by atoms with van der Waals surface area (Å²) < 4.78 is 18.5. The number of carbonyl (C=O) groups is 1. The van der Waals surface area contributed by atoms with Gasteiger partial charge in [-0.15, -0.1) is 0 Å². The van der Waals surface area contributed by atoms with Gasteiger partial charge in [-0.2, -0.15) is 0 Å². The van der Waals surface area contributed by atoms with E-state index in [1.165, 1.54) is 12.1 Å². The van der Waals surface area contributed by atoms with Crippen LogP contribution in [0.25, 0.3) is 0 Å². The van der Waals surface area contributed by atoms with E-state index in [-0.39, 0.29) is 23.8 Å². The molecule has 2 aromatic carbocycles. The zero-order valence-electron chi connectivity index (χ0n) is 10.1. The fourth-order valence-corrected chi connectivity index (χ4v) is 1.82. The first-order valence-electron chi connectivity index (χ1n) is 5.79. The van der Waals surface area contributed by atoms with Crippen LogP contribution in [-0.2, 0) is 11.2 Å². The zero-order chi connectivity index (χ0) is 13.7. The van der Waals surface area contributed by atoms with Crippen LogP contribution < -0.4 is 4.74 Å². The molecule has 0 N–H and O–H groups in total. The van der Waals surface area contributed by atoms with Gasteiger partial charge in [0.25, 0.3) is 0 Å². The van der Waals surface area contributed by atoms with Gasteiger partial charge in [-0.25, -0.2) is 4.39 Å². The van der Waals surface area contributed by atoms with E-state index in [4.69, 9.17) is 16.3 Å². The summed E-state index contributed by atoms with van der Waals surface area (Å²) in [6, 6.07) is 13.5. The molecule has 0 fully saturated rings. The van der Waals surface area contributed by atoms with E-state index in [1.54, 1.807) is 18.2 Å². The Morgan fingerprint density at radius 2 is 1.84 bits per heavy atom. The van der Waals surface area contributed by atoms with Crippen LogP contribution in [0.15, 0.2) is 48.5 Å². The number of Topliss-reactive ketones (excluding diaryl/α,β-unsaturated/α-hetero) is 1. The summed E-state index contributed by atoms with van der Waals surface area (Å²) in [7, 11) is 0. The molecule has 0 unspecified atom stereocenters. The van der Waals surface area contributed by atoms with Crippen molar-refractivity contribution in [2.75, 3.05) is 6.61 Å². The second-order valence-corrected chi connectivity index (χ2v) is 4.41. The second kappa shape index (κ2) is 6.34. The third-order valence-corrected chi connectivity index (χ3v) is 2.99. The minimum Gasteiger partial charge on any atom is -0.486 e. The molecule has 0 saturated carbocycles. The van der Waals surface area contributed by atoms with Crippen LogP contribution in [0.1, 0.15) is 5.56 Å². The lowest BCUT2D eigenvalue weighted by Crippen LogP contribution is -2.14. The molecule has 0 spiro atoms. The van der Waals surface area contributed by atoms with Crippen LogP contribution >= 0.6 is 11.6 Å². The highest BCUT2D eigenvalue weighted by atomic mass is 35.5. The van der Waals surface area contributed by atoms with Crippen molar-refractivity contribution in [2.45, 2.75) is 6.42 Å². The van der Waals surface area contributed by atoms with E-state index in [0.29, 0.717) is 11.3 Å². The Hall–Kier alpha value is -1.87. The number of rotatable bonds is 5. The molecule has 0 amide bonds. The summed E-state index contributed by atoms with van der Waals surface area (Å²) >= 11 is 5.79. The van der Waals surface area contributed by atoms with Crippen molar-refractivity contribution in [2.24, 2.45) is 0 Å². The summed E-state index contributed by atoms with van der Waals surface area (Å²) in [5.74, 6) is -0.0477. The topological polar surface area (TPSA) is 26.3 Å². The first-order chi connectivity index (χ1) is 9.16. The molecule has 0 aliphatic carbocycles. The van der Waals surface area contributed by atoms with Crippen molar-refractivity contribution in [3.63, 3.8) is 0 Å². The standard InChI is InChI=1S/C15H12ClFO2/c16-15-11(5-4-8-14(15)17)9-12(18)10-19-13-6-2-1-3-7-13/h1-8H,9-10H2. The molecule has 2 aromatic rings. The smallest absolute Gasteiger partial charge is 0.174 e. The van der Waals surface area contributed by atoms with Crippen LogP contribution in [-0.4, -0.2) is 12.4 Å². The first-order valence-corrected chi connectivity index (χ1v) is 6.17. The van der Waals surface area contributed by atoms with Gasteiger partial charge >= 0.3 is 0 Å². The minimum atomic E-state index is -0.518. The van der Waals surface area contributed by atoms with E-state index >= 15 is 0 Å². The summed E-state index contributed by atoms with van der Waals surface area (Å²) in [6.45, 7) is -0.0587. The third-order valence-electron chi connectivity index (χ3n) is 2.56. The van der Waals surface area contributed by atoms with Crippen molar-refractivity contribution in [3.8, 4) is 5.75 Å². The number of hydrogen-bond donors (Lipinski definition) is 0. The Labute approximate surface area is 115 Å². The Balaban J connectivity index is 1.93. The third kappa shape index (κ3) is 3.80. The van der Waals surface area contributed by atoms with Gasteiger partial charge in [0.05, 0.1) is 5.02 Å². The van der Waals surface area contributed by atoms with E-state index in [2.05, 4.69) is 0 Å². The lowest BCUT2D eigenvalue weighted by molar-refractivity contribution is -0.120. The van der Waals surface area contributed by atoms with Crippen molar-refractivity contribution in [1.29, 1.82) is 0 Å². The minimum absolute atomic E-state index is 0.00411. The Bertz CT molecular complexity index is 570. The second-order valence-electron chi connectivity index (χ2n) is 4.03. The summed E-state index contributed by atoms with van der Waals surface area (Å²) in [6.07, 6.45) is 0.0590. The van der Waals surface area contributed by atoms with Gasteiger partial charge in [0.15, 0.2) is 5.78 Å². The molecule has 0 aliphatic rings. The Kier molecular flexibility index (Phi) is 4.53. The fraction of sp³-hybridized carbons (Fsp3) is 0.133. The van der Waals surface area contributed by atoms with Crippen molar-refractivity contribution >= 4 is 17.4 Å². The average molecular weight is 279 g/mol. The largest absolute Gasteiger partial charge is 0.486 e. The lowest BCUT2D eigenvalue weighted by atomic mass is 10.1. The molecule has 0 bridgehead atoms. The number of halogens is 2.